The lowest BCUT2D eigenvalue weighted by Gasteiger charge is -2.35. The van der Waals surface area contributed by atoms with E-state index in [-0.39, 0.29) is 11.7 Å². The summed E-state index contributed by atoms with van der Waals surface area (Å²) in [5, 5.41) is 7.66. The minimum Gasteiger partial charge on any atom is -0.353 e. The monoisotopic (exact) mass is 472 g/mol. The molecule has 0 spiro atoms. The smallest absolute Gasteiger partial charge is 0.272 e. The van der Waals surface area contributed by atoms with E-state index in [0.29, 0.717) is 43.4 Å². The number of hydrogen-bond donors (Lipinski definition) is 1. The fourth-order valence-corrected chi connectivity index (χ4v) is 4.05. The SMILES string of the molecule is Cc1ccnc(Nc2cc(N3CCN(C(=O)c4cc(-c5ccc(F)cc5)nn4C)CC3)ncn2)c1. The lowest BCUT2D eigenvalue weighted by molar-refractivity contribution is 0.0735. The quantitative estimate of drug-likeness (QED) is 0.476. The first-order valence-corrected chi connectivity index (χ1v) is 11.3. The standard InChI is InChI=1S/C25H25FN8O/c1-17-7-8-27-22(13-17)30-23-15-24(29-16-28-23)33-9-11-34(12-10-33)25(35)21-14-20(31-32(21)2)18-3-5-19(26)6-4-18/h3-8,13-16H,9-12H2,1-2H3,(H,27,28,29,30). The van der Waals surface area contributed by atoms with E-state index < -0.39 is 0 Å². The van der Waals surface area contributed by atoms with Crippen molar-refractivity contribution in [3.63, 3.8) is 0 Å². The highest BCUT2D eigenvalue weighted by Crippen LogP contribution is 2.22. The lowest BCUT2D eigenvalue weighted by atomic mass is 10.1. The van der Waals surface area contributed by atoms with Gasteiger partial charge in [-0.05, 0) is 55.0 Å². The van der Waals surface area contributed by atoms with Crippen molar-refractivity contribution in [3.8, 4) is 11.3 Å². The number of benzene rings is 1. The molecule has 0 atom stereocenters. The summed E-state index contributed by atoms with van der Waals surface area (Å²) in [6, 6.07) is 13.6. The van der Waals surface area contributed by atoms with Crippen molar-refractivity contribution in [2.45, 2.75) is 6.92 Å². The van der Waals surface area contributed by atoms with Crippen LogP contribution in [0.5, 0.6) is 0 Å². The summed E-state index contributed by atoms with van der Waals surface area (Å²) in [7, 11) is 1.75. The van der Waals surface area contributed by atoms with E-state index in [1.54, 1.807) is 36.1 Å². The molecule has 0 unspecified atom stereocenters. The highest BCUT2D eigenvalue weighted by Gasteiger charge is 2.25. The molecule has 35 heavy (non-hydrogen) atoms. The first-order valence-electron chi connectivity index (χ1n) is 11.3. The number of pyridine rings is 1. The Morgan fingerprint density at radius 3 is 2.43 bits per heavy atom. The molecule has 4 aromatic rings. The number of aromatic nitrogens is 5. The Bertz CT molecular complexity index is 1350. The lowest BCUT2D eigenvalue weighted by Crippen LogP contribution is -2.49. The molecular formula is C25H25FN8O. The van der Waals surface area contributed by atoms with Gasteiger partial charge < -0.3 is 15.1 Å². The number of carbonyl (C=O) groups is 1. The molecule has 178 valence electrons. The number of hydrogen-bond acceptors (Lipinski definition) is 7. The Hall–Kier alpha value is -4.34. The van der Waals surface area contributed by atoms with Crippen LogP contribution in [0.4, 0.5) is 21.8 Å². The van der Waals surface area contributed by atoms with E-state index in [0.717, 1.165) is 22.8 Å². The number of piperazine rings is 1. The van der Waals surface area contributed by atoms with Gasteiger partial charge in [0.25, 0.3) is 5.91 Å². The summed E-state index contributed by atoms with van der Waals surface area (Å²) in [6.45, 7) is 4.42. The van der Waals surface area contributed by atoms with Gasteiger partial charge in [0.15, 0.2) is 0 Å². The molecule has 0 aliphatic carbocycles. The Kier molecular flexibility index (Phi) is 6.09. The van der Waals surface area contributed by atoms with Gasteiger partial charge in [0.05, 0.1) is 5.69 Å². The second-order valence-electron chi connectivity index (χ2n) is 8.43. The maximum atomic E-state index is 13.2. The number of nitrogens with zero attached hydrogens (tertiary/aromatic N) is 7. The molecule has 0 saturated carbocycles. The molecule has 0 radical (unpaired) electrons. The second-order valence-corrected chi connectivity index (χ2v) is 8.43. The maximum Gasteiger partial charge on any atom is 0.272 e. The molecule has 5 rings (SSSR count). The zero-order chi connectivity index (χ0) is 24.4. The maximum absolute atomic E-state index is 13.2. The van der Waals surface area contributed by atoms with Gasteiger partial charge >= 0.3 is 0 Å². The summed E-state index contributed by atoms with van der Waals surface area (Å²) < 4.78 is 14.8. The second kappa shape index (κ2) is 9.49. The van der Waals surface area contributed by atoms with E-state index in [4.69, 9.17) is 0 Å². The molecule has 1 aromatic carbocycles. The van der Waals surface area contributed by atoms with Crippen LogP contribution in [0.3, 0.4) is 0 Å². The van der Waals surface area contributed by atoms with Crippen molar-refractivity contribution >= 4 is 23.4 Å². The van der Waals surface area contributed by atoms with Gasteiger partial charge in [-0.1, -0.05) is 0 Å². The Morgan fingerprint density at radius 1 is 0.943 bits per heavy atom. The average Bonchev–Trinajstić information content (AvgIpc) is 3.26. The number of halogens is 1. The number of carbonyl (C=O) groups excluding carboxylic acids is 1. The Morgan fingerprint density at radius 2 is 1.69 bits per heavy atom. The number of amides is 1. The average molecular weight is 473 g/mol. The van der Waals surface area contributed by atoms with E-state index in [2.05, 4.69) is 30.3 Å². The van der Waals surface area contributed by atoms with Gasteiger partial charge in [0.1, 0.15) is 35.3 Å². The Balaban J connectivity index is 1.24. The summed E-state index contributed by atoms with van der Waals surface area (Å²) >= 11 is 0. The van der Waals surface area contributed by atoms with Gasteiger partial charge in [0, 0.05) is 51.1 Å². The number of anilines is 3. The number of rotatable bonds is 5. The van der Waals surface area contributed by atoms with Crippen molar-refractivity contribution in [2.75, 3.05) is 36.4 Å². The predicted molar refractivity (Wildman–Crippen MR) is 131 cm³/mol. The van der Waals surface area contributed by atoms with E-state index in [1.807, 2.05) is 30.0 Å². The summed E-state index contributed by atoms with van der Waals surface area (Å²) in [5.41, 5.74) is 3.01. The van der Waals surface area contributed by atoms with Crippen LogP contribution >= 0.6 is 0 Å². The first kappa shape index (κ1) is 22.5. The van der Waals surface area contributed by atoms with Crippen molar-refractivity contribution in [1.82, 2.24) is 29.6 Å². The third-order valence-corrected chi connectivity index (χ3v) is 5.95. The van der Waals surface area contributed by atoms with Crippen LogP contribution in [-0.4, -0.2) is 61.7 Å². The zero-order valence-corrected chi connectivity index (χ0v) is 19.5. The third kappa shape index (κ3) is 4.96. The molecular weight excluding hydrogens is 447 g/mol. The fraction of sp³-hybridized carbons (Fsp3) is 0.240. The number of nitrogens with one attached hydrogen (secondary N) is 1. The molecule has 1 N–H and O–H groups in total. The molecule has 3 aromatic heterocycles. The minimum atomic E-state index is -0.308. The largest absolute Gasteiger partial charge is 0.353 e. The van der Waals surface area contributed by atoms with E-state index in [1.165, 1.54) is 18.5 Å². The van der Waals surface area contributed by atoms with Crippen molar-refractivity contribution in [1.29, 1.82) is 0 Å². The van der Waals surface area contributed by atoms with Gasteiger partial charge in [0.2, 0.25) is 0 Å². The van der Waals surface area contributed by atoms with Gasteiger partial charge in [-0.2, -0.15) is 5.10 Å². The fourth-order valence-electron chi connectivity index (χ4n) is 4.05. The normalized spacial score (nSPS) is 13.7. The summed E-state index contributed by atoms with van der Waals surface area (Å²) in [5.74, 6) is 1.79. The van der Waals surface area contributed by atoms with Crippen molar-refractivity contribution < 1.29 is 9.18 Å². The molecule has 0 bridgehead atoms. The molecule has 9 nitrogen and oxygen atoms in total. The van der Waals surface area contributed by atoms with Gasteiger partial charge in [-0.3, -0.25) is 9.48 Å². The van der Waals surface area contributed by atoms with E-state index in [9.17, 15) is 9.18 Å². The third-order valence-electron chi connectivity index (χ3n) is 5.95. The highest BCUT2D eigenvalue weighted by atomic mass is 19.1. The predicted octanol–water partition coefficient (Wildman–Crippen LogP) is 3.43. The van der Waals surface area contributed by atoms with Gasteiger partial charge in [-0.15, -0.1) is 0 Å². The van der Waals surface area contributed by atoms with Crippen LogP contribution in [0.15, 0.2) is 61.1 Å². The molecule has 1 aliphatic rings. The topological polar surface area (TPSA) is 92.1 Å². The van der Waals surface area contributed by atoms with Crippen molar-refractivity contribution in [2.24, 2.45) is 7.05 Å². The molecule has 4 heterocycles. The van der Waals surface area contributed by atoms with Crippen LogP contribution in [0.25, 0.3) is 11.3 Å². The minimum absolute atomic E-state index is 0.0800. The number of aryl methyl sites for hydroxylation is 2. The molecule has 10 heteroatoms. The van der Waals surface area contributed by atoms with Crippen LogP contribution in [0.1, 0.15) is 16.1 Å². The Labute approximate surface area is 202 Å². The van der Waals surface area contributed by atoms with Crippen LogP contribution in [-0.2, 0) is 7.05 Å². The zero-order valence-electron chi connectivity index (χ0n) is 19.5. The molecule has 1 saturated heterocycles. The first-order chi connectivity index (χ1) is 17.0. The summed E-state index contributed by atoms with van der Waals surface area (Å²) in [4.78, 5) is 30.2. The molecule has 1 fully saturated rings. The highest BCUT2D eigenvalue weighted by molar-refractivity contribution is 5.94. The summed E-state index contributed by atoms with van der Waals surface area (Å²) in [6.07, 6.45) is 3.28. The van der Waals surface area contributed by atoms with Crippen LogP contribution in [0.2, 0.25) is 0 Å². The van der Waals surface area contributed by atoms with Crippen molar-refractivity contribution in [3.05, 3.63) is 78.1 Å². The van der Waals surface area contributed by atoms with Gasteiger partial charge in [-0.25, -0.2) is 19.3 Å². The van der Waals surface area contributed by atoms with Crippen LogP contribution in [0, 0.1) is 12.7 Å². The van der Waals surface area contributed by atoms with E-state index >= 15 is 0 Å². The van der Waals surface area contributed by atoms with Crippen LogP contribution < -0.4 is 10.2 Å². The molecule has 1 aliphatic heterocycles. The molecule has 1 amide bonds.